The van der Waals surface area contributed by atoms with Crippen molar-refractivity contribution in [3.63, 3.8) is 0 Å². The highest BCUT2D eigenvalue weighted by Crippen LogP contribution is 2.32. The quantitative estimate of drug-likeness (QED) is 0.812. The molecule has 18 heavy (non-hydrogen) atoms. The summed E-state index contributed by atoms with van der Waals surface area (Å²) in [5.41, 5.74) is 9.39. The van der Waals surface area contributed by atoms with Crippen molar-refractivity contribution >= 4 is 5.69 Å². The first kappa shape index (κ1) is 12.2. The van der Waals surface area contributed by atoms with Gasteiger partial charge in [0.1, 0.15) is 0 Å². The molecule has 2 rings (SSSR count). The maximum atomic E-state index is 8.97. The zero-order valence-corrected chi connectivity index (χ0v) is 10.6. The molecular formula is C16H16N2. The molecule has 2 aromatic carbocycles. The largest absolute Gasteiger partial charge is 0.399 e. The molecule has 90 valence electrons. The Hall–Kier alpha value is -2.27. The van der Waals surface area contributed by atoms with Crippen LogP contribution >= 0.6 is 0 Å². The van der Waals surface area contributed by atoms with Gasteiger partial charge in [-0.3, -0.25) is 0 Å². The number of rotatable bonds is 2. The standard InChI is InChI=1S/C16H16N2/c1-16(2,14-7-4-8-15(18)10-14)13-6-3-5-12(9-13)11-17/h3-10H,18H2,1-2H3. The molecule has 0 radical (unpaired) electrons. The Labute approximate surface area is 108 Å². The van der Waals surface area contributed by atoms with E-state index in [1.807, 2.05) is 42.5 Å². The van der Waals surface area contributed by atoms with E-state index in [-0.39, 0.29) is 5.41 Å². The summed E-state index contributed by atoms with van der Waals surface area (Å²) >= 11 is 0. The van der Waals surface area contributed by atoms with E-state index in [4.69, 9.17) is 11.0 Å². The first-order valence-corrected chi connectivity index (χ1v) is 5.91. The minimum atomic E-state index is -0.164. The zero-order valence-electron chi connectivity index (χ0n) is 10.6. The van der Waals surface area contributed by atoms with Gasteiger partial charge in [-0.25, -0.2) is 0 Å². The fraction of sp³-hybridized carbons (Fsp3) is 0.188. The maximum absolute atomic E-state index is 8.97. The number of hydrogen-bond acceptors (Lipinski definition) is 2. The normalized spacial score (nSPS) is 10.9. The second-order valence-electron chi connectivity index (χ2n) is 4.94. The number of nitrogens with two attached hydrogens (primary N) is 1. The first-order chi connectivity index (χ1) is 8.54. The van der Waals surface area contributed by atoms with E-state index in [2.05, 4.69) is 26.0 Å². The number of hydrogen-bond donors (Lipinski definition) is 1. The van der Waals surface area contributed by atoms with Gasteiger partial charge in [0.05, 0.1) is 11.6 Å². The van der Waals surface area contributed by atoms with Crippen LogP contribution in [0.1, 0.15) is 30.5 Å². The van der Waals surface area contributed by atoms with E-state index < -0.39 is 0 Å². The summed E-state index contributed by atoms with van der Waals surface area (Å²) in [6.07, 6.45) is 0. The molecule has 2 N–H and O–H groups in total. The van der Waals surface area contributed by atoms with Crippen molar-refractivity contribution < 1.29 is 0 Å². The second kappa shape index (κ2) is 4.54. The van der Waals surface area contributed by atoms with Crippen molar-refractivity contribution in [1.29, 1.82) is 5.26 Å². The summed E-state index contributed by atoms with van der Waals surface area (Å²) in [4.78, 5) is 0. The fourth-order valence-electron chi connectivity index (χ4n) is 2.07. The van der Waals surface area contributed by atoms with Crippen LogP contribution < -0.4 is 5.73 Å². The van der Waals surface area contributed by atoms with E-state index >= 15 is 0 Å². The van der Waals surface area contributed by atoms with Gasteiger partial charge in [-0.15, -0.1) is 0 Å². The lowest BCUT2D eigenvalue weighted by Gasteiger charge is -2.26. The third kappa shape index (κ3) is 2.21. The van der Waals surface area contributed by atoms with Crippen LogP contribution in [-0.2, 0) is 5.41 Å². The van der Waals surface area contributed by atoms with Gasteiger partial charge >= 0.3 is 0 Å². The van der Waals surface area contributed by atoms with Gasteiger partial charge in [0, 0.05) is 11.1 Å². The molecule has 0 unspecified atom stereocenters. The average Bonchev–Trinajstić information content (AvgIpc) is 2.39. The van der Waals surface area contributed by atoms with Crippen LogP contribution in [0, 0.1) is 11.3 Å². The number of nitriles is 1. The summed E-state index contributed by atoms with van der Waals surface area (Å²) in [6.45, 7) is 4.27. The summed E-state index contributed by atoms with van der Waals surface area (Å²) in [5.74, 6) is 0. The molecular weight excluding hydrogens is 220 g/mol. The smallest absolute Gasteiger partial charge is 0.0991 e. The van der Waals surface area contributed by atoms with Crippen LogP contribution in [0.2, 0.25) is 0 Å². The zero-order chi connectivity index (χ0) is 13.2. The molecule has 0 fully saturated rings. The highest BCUT2D eigenvalue weighted by atomic mass is 14.5. The van der Waals surface area contributed by atoms with E-state index in [0.717, 1.165) is 16.8 Å². The van der Waals surface area contributed by atoms with Crippen LogP contribution in [0.25, 0.3) is 0 Å². The van der Waals surface area contributed by atoms with E-state index in [0.29, 0.717) is 5.56 Å². The molecule has 0 bridgehead atoms. The van der Waals surface area contributed by atoms with E-state index in [9.17, 15) is 0 Å². The Bertz CT molecular complexity index is 606. The van der Waals surface area contributed by atoms with Gasteiger partial charge < -0.3 is 5.73 Å². The molecule has 2 heteroatoms. The maximum Gasteiger partial charge on any atom is 0.0991 e. The Kier molecular flexibility index (Phi) is 3.08. The number of nitrogen functional groups attached to an aromatic ring is 1. The van der Waals surface area contributed by atoms with E-state index in [1.165, 1.54) is 0 Å². The first-order valence-electron chi connectivity index (χ1n) is 5.91. The minimum absolute atomic E-state index is 0.164. The minimum Gasteiger partial charge on any atom is -0.399 e. The summed E-state index contributed by atoms with van der Waals surface area (Å²) in [6, 6.07) is 17.8. The lowest BCUT2D eigenvalue weighted by atomic mass is 9.77. The molecule has 0 aliphatic rings. The van der Waals surface area contributed by atoms with Crippen LogP contribution in [0.15, 0.2) is 48.5 Å². The number of anilines is 1. The van der Waals surface area contributed by atoms with Gasteiger partial charge in [0.25, 0.3) is 0 Å². The molecule has 0 amide bonds. The molecule has 0 aliphatic heterocycles. The second-order valence-corrected chi connectivity index (χ2v) is 4.94. The monoisotopic (exact) mass is 236 g/mol. The number of nitrogens with zero attached hydrogens (tertiary/aromatic N) is 1. The van der Waals surface area contributed by atoms with Crippen molar-refractivity contribution in [3.05, 3.63) is 65.2 Å². The highest BCUT2D eigenvalue weighted by molar-refractivity contribution is 5.48. The van der Waals surface area contributed by atoms with Crippen molar-refractivity contribution in [2.75, 3.05) is 5.73 Å². The predicted molar refractivity (Wildman–Crippen MR) is 74.1 cm³/mol. The third-order valence-electron chi connectivity index (χ3n) is 3.32. The van der Waals surface area contributed by atoms with Gasteiger partial charge in [-0.1, -0.05) is 38.1 Å². The van der Waals surface area contributed by atoms with Crippen LogP contribution in [0.3, 0.4) is 0 Å². The summed E-state index contributed by atoms with van der Waals surface area (Å²) in [5, 5.41) is 8.97. The predicted octanol–water partition coefficient (Wildman–Crippen LogP) is 3.47. The SMILES string of the molecule is CC(C)(c1cccc(N)c1)c1cccc(C#N)c1. The molecule has 0 saturated carbocycles. The van der Waals surface area contributed by atoms with Crippen LogP contribution in [0.5, 0.6) is 0 Å². The molecule has 0 heterocycles. The van der Waals surface area contributed by atoms with Gasteiger partial charge in [0.15, 0.2) is 0 Å². The Morgan fingerprint density at radius 1 is 1.00 bits per heavy atom. The molecule has 0 saturated heterocycles. The van der Waals surface area contributed by atoms with Gasteiger partial charge in [-0.05, 0) is 35.4 Å². The molecule has 2 nitrogen and oxygen atoms in total. The molecule has 2 aromatic rings. The van der Waals surface area contributed by atoms with Gasteiger partial charge in [-0.2, -0.15) is 5.26 Å². The summed E-state index contributed by atoms with van der Waals surface area (Å²) in [7, 11) is 0. The Morgan fingerprint density at radius 3 is 2.22 bits per heavy atom. The average molecular weight is 236 g/mol. The molecule has 0 aliphatic carbocycles. The van der Waals surface area contributed by atoms with Gasteiger partial charge in [0.2, 0.25) is 0 Å². The molecule has 0 atom stereocenters. The Morgan fingerprint density at radius 2 is 1.61 bits per heavy atom. The topological polar surface area (TPSA) is 49.8 Å². The van der Waals surface area contributed by atoms with Crippen LogP contribution in [-0.4, -0.2) is 0 Å². The Balaban J connectivity index is 2.50. The lowest BCUT2D eigenvalue weighted by Crippen LogP contribution is -2.19. The molecule has 0 spiro atoms. The highest BCUT2D eigenvalue weighted by Gasteiger charge is 2.23. The number of benzene rings is 2. The third-order valence-corrected chi connectivity index (χ3v) is 3.32. The van der Waals surface area contributed by atoms with Crippen molar-refractivity contribution in [1.82, 2.24) is 0 Å². The van der Waals surface area contributed by atoms with E-state index in [1.54, 1.807) is 0 Å². The lowest BCUT2D eigenvalue weighted by molar-refractivity contribution is 0.641. The fourth-order valence-corrected chi connectivity index (χ4v) is 2.07. The van der Waals surface area contributed by atoms with Crippen molar-refractivity contribution in [2.24, 2.45) is 0 Å². The van der Waals surface area contributed by atoms with Crippen molar-refractivity contribution in [2.45, 2.75) is 19.3 Å². The molecule has 0 aromatic heterocycles. The van der Waals surface area contributed by atoms with Crippen molar-refractivity contribution in [3.8, 4) is 6.07 Å². The van der Waals surface area contributed by atoms with Crippen LogP contribution in [0.4, 0.5) is 5.69 Å². The summed E-state index contributed by atoms with van der Waals surface area (Å²) < 4.78 is 0.